The molecule has 0 amide bonds. The van der Waals surface area contributed by atoms with Crippen molar-refractivity contribution in [3.8, 4) is 11.1 Å². The summed E-state index contributed by atoms with van der Waals surface area (Å²) in [5, 5.41) is 15.2. The highest BCUT2D eigenvalue weighted by Crippen LogP contribution is 2.36. The van der Waals surface area contributed by atoms with Crippen LogP contribution in [0, 0.1) is 0 Å². The highest BCUT2D eigenvalue weighted by molar-refractivity contribution is 7.17. The SMILES string of the molecule is OCCNc1ncnc2scc(-c3ccccc3)c12. The van der Waals surface area contributed by atoms with E-state index in [1.165, 1.54) is 0 Å². The van der Waals surface area contributed by atoms with Crippen LogP contribution in [0.5, 0.6) is 0 Å². The fraction of sp³-hybridized carbons (Fsp3) is 0.143. The molecule has 0 radical (unpaired) electrons. The number of rotatable bonds is 4. The van der Waals surface area contributed by atoms with Crippen molar-refractivity contribution in [1.82, 2.24) is 9.97 Å². The number of hydrogen-bond donors (Lipinski definition) is 2. The van der Waals surface area contributed by atoms with E-state index in [0.717, 1.165) is 27.2 Å². The molecule has 3 rings (SSSR count). The van der Waals surface area contributed by atoms with Crippen LogP contribution in [0.1, 0.15) is 0 Å². The van der Waals surface area contributed by atoms with Gasteiger partial charge in [-0.1, -0.05) is 30.3 Å². The van der Waals surface area contributed by atoms with Gasteiger partial charge in [0.1, 0.15) is 17.0 Å². The molecular weight excluding hydrogens is 258 g/mol. The molecule has 2 N–H and O–H groups in total. The van der Waals surface area contributed by atoms with E-state index in [4.69, 9.17) is 5.11 Å². The van der Waals surface area contributed by atoms with Gasteiger partial charge >= 0.3 is 0 Å². The Morgan fingerprint density at radius 1 is 1.16 bits per heavy atom. The van der Waals surface area contributed by atoms with Gasteiger partial charge in [-0.15, -0.1) is 11.3 Å². The fourth-order valence-corrected chi connectivity index (χ4v) is 2.93. The van der Waals surface area contributed by atoms with Gasteiger partial charge in [0.15, 0.2) is 0 Å². The summed E-state index contributed by atoms with van der Waals surface area (Å²) in [6, 6.07) is 10.2. The Morgan fingerprint density at radius 3 is 2.79 bits per heavy atom. The third-order valence-electron chi connectivity index (χ3n) is 2.86. The molecule has 2 heterocycles. The van der Waals surface area contributed by atoms with Crippen LogP contribution in [-0.2, 0) is 0 Å². The van der Waals surface area contributed by atoms with Crippen molar-refractivity contribution in [1.29, 1.82) is 0 Å². The van der Waals surface area contributed by atoms with Crippen LogP contribution in [0.15, 0.2) is 42.0 Å². The molecule has 5 heteroatoms. The highest BCUT2D eigenvalue weighted by Gasteiger charge is 2.12. The number of aromatic nitrogens is 2. The molecule has 1 aromatic carbocycles. The summed E-state index contributed by atoms with van der Waals surface area (Å²) >= 11 is 1.60. The van der Waals surface area contributed by atoms with Crippen LogP contribution in [0.25, 0.3) is 21.3 Å². The number of nitrogens with one attached hydrogen (secondary N) is 1. The molecule has 4 nitrogen and oxygen atoms in total. The minimum Gasteiger partial charge on any atom is -0.395 e. The zero-order valence-corrected chi connectivity index (χ0v) is 11.0. The number of anilines is 1. The highest BCUT2D eigenvalue weighted by atomic mass is 32.1. The second kappa shape index (κ2) is 5.34. The summed E-state index contributed by atoms with van der Waals surface area (Å²) in [4.78, 5) is 9.53. The molecule has 2 aromatic heterocycles. The summed E-state index contributed by atoms with van der Waals surface area (Å²) in [6.45, 7) is 0.562. The molecule has 0 saturated heterocycles. The zero-order chi connectivity index (χ0) is 13.1. The maximum Gasteiger partial charge on any atom is 0.138 e. The van der Waals surface area contributed by atoms with Crippen molar-refractivity contribution >= 4 is 27.4 Å². The number of aliphatic hydroxyl groups excluding tert-OH is 1. The van der Waals surface area contributed by atoms with Gasteiger partial charge in [0.25, 0.3) is 0 Å². The topological polar surface area (TPSA) is 58.0 Å². The van der Waals surface area contributed by atoms with E-state index >= 15 is 0 Å². The van der Waals surface area contributed by atoms with Gasteiger partial charge in [0.05, 0.1) is 12.0 Å². The monoisotopic (exact) mass is 271 g/mol. The van der Waals surface area contributed by atoms with E-state index < -0.39 is 0 Å². The van der Waals surface area contributed by atoms with E-state index in [1.807, 2.05) is 18.2 Å². The summed E-state index contributed by atoms with van der Waals surface area (Å²) in [7, 11) is 0. The Bertz CT molecular complexity index is 681. The summed E-state index contributed by atoms with van der Waals surface area (Å²) < 4.78 is 0. The Labute approximate surface area is 114 Å². The predicted molar refractivity (Wildman–Crippen MR) is 78.4 cm³/mol. The molecule has 0 aliphatic heterocycles. The summed E-state index contributed by atoms with van der Waals surface area (Å²) in [5.41, 5.74) is 2.28. The van der Waals surface area contributed by atoms with E-state index in [0.29, 0.717) is 6.54 Å². The molecule has 0 aliphatic rings. The first-order chi connectivity index (χ1) is 9.40. The van der Waals surface area contributed by atoms with Crippen molar-refractivity contribution in [3.63, 3.8) is 0 Å². The van der Waals surface area contributed by atoms with Gasteiger partial charge in [0.2, 0.25) is 0 Å². The van der Waals surface area contributed by atoms with E-state index in [1.54, 1.807) is 17.7 Å². The normalized spacial score (nSPS) is 10.8. The van der Waals surface area contributed by atoms with Crippen molar-refractivity contribution < 1.29 is 5.11 Å². The third kappa shape index (κ3) is 2.30. The first-order valence-corrected chi connectivity index (χ1v) is 6.90. The summed E-state index contributed by atoms with van der Waals surface area (Å²) in [5.74, 6) is 0.777. The molecule has 0 fully saturated rings. The molecule has 0 spiro atoms. The van der Waals surface area contributed by atoms with Gasteiger partial charge in [-0.25, -0.2) is 9.97 Å². The number of nitrogens with zero attached hydrogens (tertiary/aromatic N) is 2. The average molecular weight is 271 g/mol. The molecule has 19 heavy (non-hydrogen) atoms. The largest absolute Gasteiger partial charge is 0.395 e. The number of aliphatic hydroxyl groups is 1. The van der Waals surface area contributed by atoms with Gasteiger partial charge in [-0.2, -0.15) is 0 Å². The predicted octanol–water partition coefficient (Wildman–Crippen LogP) is 2.76. The molecule has 0 aliphatic carbocycles. The lowest BCUT2D eigenvalue weighted by Crippen LogP contribution is -2.07. The van der Waals surface area contributed by atoms with Crippen LogP contribution < -0.4 is 5.32 Å². The first-order valence-electron chi connectivity index (χ1n) is 6.02. The van der Waals surface area contributed by atoms with Gasteiger partial charge in [0, 0.05) is 17.5 Å². The number of benzene rings is 1. The van der Waals surface area contributed by atoms with Gasteiger partial charge in [-0.3, -0.25) is 0 Å². The minimum atomic E-state index is 0.0797. The lowest BCUT2D eigenvalue weighted by Gasteiger charge is -2.06. The van der Waals surface area contributed by atoms with Crippen LogP contribution in [0.4, 0.5) is 5.82 Å². The lowest BCUT2D eigenvalue weighted by atomic mass is 10.1. The molecule has 0 saturated carbocycles. The molecular formula is C14H13N3OS. The van der Waals surface area contributed by atoms with E-state index in [-0.39, 0.29) is 6.61 Å². The summed E-state index contributed by atoms with van der Waals surface area (Å²) in [6.07, 6.45) is 1.55. The van der Waals surface area contributed by atoms with Crippen molar-refractivity contribution in [2.24, 2.45) is 0 Å². The van der Waals surface area contributed by atoms with Crippen LogP contribution in [0.2, 0.25) is 0 Å². The lowest BCUT2D eigenvalue weighted by molar-refractivity contribution is 0.311. The second-order valence-corrected chi connectivity index (χ2v) is 4.93. The van der Waals surface area contributed by atoms with E-state index in [2.05, 4.69) is 32.8 Å². The van der Waals surface area contributed by atoms with Crippen LogP contribution in [-0.4, -0.2) is 28.2 Å². The van der Waals surface area contributed by atoms with Crippen LogP contribution in [0.3, 0.4) is 0 Å². The van der Waals surface area contributed by atoms with E-state index in [9.17, 15) is 0 Å². The molecule has 0 unspecified atom stereocenters. The average Bonchev–Trinajstić information content (AvgIpc) is 2.90. The second-order valence-electron chi connectivity index (χ2n) is 4.07. The number of thiophene rings is 1. The smallest absolute Gasteiger partial charge is 0.138 e. The molecule has 96 valence electrons. The minimum absolute atomic E-state index is 0.0797. The fourth-order valence-electron chi connectivity index (χ4n) is 2.01. The maximum atomic E-state index is 8.93. The van der Waals surface area contributed by atoms with Crippen molar-refractivity contribution in [2.75, 3.05) is 18.5 Å². The zero-order valence-electron chi connectivity index (χ0n) is 10.2. The molecule has 0 atom stereocenters. The Morgan fingerprint density at radius 2 is 2.00 bits per heavy atom. The standard InChI is InChI=1S/C14H13N3OS/c18-7-6-15-13-12-11(10-4-2-1-3-5-10)8-19-14(12)17-9-16-13/h1-5,8-9,18H,6-7H2,(H,15,16,17). The Balaban J connectivity index is 2.15. The molecule has 0 bridgehead atoms. The number of fused-ring (bicyclic) bond motifs is 1. The van der Waals surface area contributed by atoms with Crippen LogP contribution >= 0.6 is 11.3 Å². The molecule has 3 aromatic rings. The maximum absolute atomic E-state index is 8.93. The Hall–Kier alpha value is -1.98. The van der Waals surface area contributed by atoms with Gasteiger partial charge < -0.3 is 10.4 Å². The Kier molecular flexibility index (Phi) is 3.39. The number of hydrogen-bond acceptors (Lipinski definition) is 5. The van der Waals surface area contributed by atoms with Crippen molar-refractivity contribution in [2.45, 2.75) is 0 Å². The first kappa shape index (κ1) is 12.1. The van der Waals surface area contributed by atoms with Crippen molar-refractivity contribution in [3.05, 3.63) is 42.0 Å². The quantitative estimate of drug-likeness (QED) is 0.766. The third-order valence-corrected chi connectivity index (χ3v) is 3.75. The van der Waals surface area contributed by atoms with Gasteiger partial charge in [-0.05, 0) is 5.56 Å².